The number of azo groups is 1. The Kier molecular flexibility index (Phi) is 6.68. The SMILES string of the molecule is O=S(=O)(O)c1ccc(N=Nc2ccc(C[C@@H](O)CCl)c(S(=O)(=O)O)c2)cc1. The van der Waals surface area contributed by atoms with E-state index in [1.807, 2.05) is 0 Å². The molecule has 0 aromatic heterocycles. The number of hydrogen-bond donors (Lipinski definition) is 3. The zero-order valence-electron chi connectivity index (χ0n) is 13.6. The van der Waals surface area contributed by atoms with Crippen molar-refractivity contribution in [3.63, 3.8) is 0 Å². The molecule has 0 aliphatic carbocycles. The Morgan fingerprint density at radius 3 is 1.96 bits per heavy atom. The summed E-state index contributed by atoms with van der Waals surface area (Å²) in [4.78, 5) is -0.734. The number of aliphatic hydroxyl groups is 1. The summed E-state index contributed by atoms with van der Waals surface area (Å²) in [5.41, 5.74) is 0.519. The summed E-state index contributed by atoms with van der Waals surface area (Å²) >= 11 is 5.51. The summed E-state index contributed by atoms with van der Waals surface area (Å²) in [5, 5.41) is 17.3. The molecule has 0 radical (unpaired) electrons. The first-order chi connectivity index (χ1) is 12.5. The molecular weight excluding hydrogens is 420 g/mol. The van der Waals surface area contributed by atoms with Gasteiger partial charge in [-0.2, -0.15) is 27.1 Å². The van der Waals surface area contributed by atoms with Crippen LogP contribution in [0.25, 0.3) is 0 Å². The van der Waals surface area contributed by atoms with Crippen molar-refractivity contribution in [3.05, 3.63) is 48.0 Å². The lowest BCUT2D eigenvalue weighted by Gasteiger charge is -2.10. The summed E-state index contributed by atoms with van der Waals surface area (Å²) in [7, 11) is -8.89. The average molecular weight is 435 g/mol. The first-order valence-electron chi connectivity index (χ1n) is 7.34. The lowest BCUT2D eigenvalue weighted by molar-refractivity contribution is 0.198. The van der Waals surface area contributed by atoms with Crippen LogP contribution in [0.3, 0.4) is 0 Å². The number of hydrogen-bond acceptors (Lipinski definition) is 7. The molecule has 9 nitrogen and oxygen atoms in total. The van der Waals surface area contributed by atoms with Crippen LogP contribution in [0, 0.1) is 0 Å². The lowest BCUT2D eigenvalue weighted by Crippen LogP contribution is -2.14. The van der Waals surface area contributed by atoms with E-state index in [-0.39, 0.29) is 34.1 Å². The third-order valence-electron chi connectivity index (χ3n) is 3.38. The lowest BCUT2D eigenvalue weighted by atomic mass is 10.1. The summed E-state index contributed by atoms with van der Waals surface area (Å²) in [5.74, 6) is -0.105. The van der Waals surface area contributed by atoms with Gasteiger partial charge in [0.2, 0.25) is 0 Å². The zero-order valence-corrected chi connectivity index (χ0v) is 16.0. The van der Waals surface area contributed by atoms with Gasteiger partial charge in [0.05, 0.1) is 27.3 Å². The maximum atomic E-state index is 11.6. The van der Waals surface area contributed by atoms with Crippen LogP contribution < -0.4 is 0 Å². The van der Waals surface area contributed by atoms with E-state index in [0.29, 0.717) is 0 Å². The quantitative estimate of drug-likeness (QED) is 0.344. The van der Waals surface area contributed by atoms with Gasteiger partial charge in [0.25, 0.3) is 20.2 Å². The van der Waals surface area contributed by atoms with Crippen LogP contribution in [0.2, 0.25) is 0 Å². The second kappa shape index (κ2) is 8.42. The number of aliphatic hydroxyl groups excluding tert-OH is 1. The standard InChI is InChI=1S/C15H15ClN2O7S2/c16-9-13(19)7-10-1-2-12(8-15(10)27(23,24)25)18-17-11-3-5-14(6-4-11)26(20,21)22/h1-6,8,13,19H,7,9H2,(H,20,21,22)(H,23,24,25)/t13-/m1/s1. The third kappa shape index (κ3) is 6.06. The van der Waals surface area contributed by atoms with Crippen molar-refractivity contribution in [1.82, 2.24) is 0 Å². The molecule has 0 saturated heterocycles. The maximum absolute atomic E-state index is 11.6. The molecule has 0 aliphatic rings. The largest absolute Gasteiger partial charge is 0.392 e. The van der Waals surface area contributed by atoms with Crippen LogP contribution in [0.15, 0.2) is 62.5 Å². The van der Waals surface area contributed by atoms with E-state index in [2.05, 4.69) is 10.2 Å². The van der Waals surface area contributed by atoms with Gasteiger partial charge in [-0.25, -0.2) is 0 Å². The number of alkyl halides is 1. The molecule has 146 valence electrons. The van der Waals surface area contributed by atoms with E-state index in [0.717, 1.165) is 18.2 Å². The van der Waals surface area contributed by atoms with E-state index >= 15 is 0 Å². The van der Waals surface area contributed by atoms with Gasteiger partial charge in [-0.05, 0) is 42.0 Å². The fraction of sp³-hybridized carbons (Fsp3) is 0.200. The van der Waals surface area contributed by atoms with Crippen LogP contribution in [-0.4, -0.2) is 43.0 Å². The van der Waals surface area contributed by atoms with Gasteiger partial charge in [-0.15, -0.1) is 11.6 Å². The molecule has 27 heavy (non-hydrogen) atoms. The predicted octanol–water partition coefficient (Wildman–Crippen LogP) is 2.74. The molecule has 0 unspecified atom stereocenters. The average Bonchev–Trinajstić information content (AvgIpc) is 2.59. The molecule has 0 bridgehead atoms. The van der Waals surface area contributed by atoms with E-state index in [4.69, 9.17) is 16.2 Å². The first kappa shape index (κ1) is 21.4. The Balaban J connectivity index is 2.32. The van der Waals surface area contributed by atoms with Crippen molar-refractivity contribution in [1.29, 1.82) is 0 Å². The number of halogens is 1. The van der Waals surface area contributed by atoms with Gasteiger partial charge in [0.1, 0.15) is 0 Å². The highest BCUT2D eigenvalue weighted by molar-refractivity contribution is 7.86. The molecule has 3 N–H and O–H groups in total. The second-order valence-electron chi connectivity index (χ2n) is 5.45. The second-order valence-corrected chi connectivity index (χ2v) is 8.57. The van der Waals surface area contributed by atoms with Crippen LogP contribution >= 0.6 is 11.6 Å². The molecule has 1 atom stereocenters. The molecule has 2 aromatic rings. The monoisotopic (exact) mass is 434 g/mol. The fourth-order valence-electron chi connectivity index (χ4n) is 2.12. The van der Waals surface area contributed by atoms with Crippen molar-refractivity contribution < 1.29 is 31.0 Å². The number of rotatable bonds is 7. The predicted molar refractivity (Wildman–Crippen MR) is 97.1 cm³/mol. The van der Waals surface area contributed by atoms with Crippen molar-refractivity contribution in [3.8, 4) is 0 Å². The van der Waals surface area contributed by atoms with Crippen LogP contribution in [0.1, 0.15) is 5.56 Å². The summed E-state index contributed by atoms with van der Waals surface area (Å²) in [6, 6.07) is 8.73. The molecule has 0 fully saturated rings. The number of nitrogens with zero attached hydrogens (tertiary/aromatic N) is 2. The molecule has 0 aliphatic heterocycles. The zero-order chi connectivity index (χ0) is 20.2. The maximum Gasteiger partial charge on any atom is 0.294 e. The van der Waals surface area contributed by atoms with E-state index in [1.165, 1.54) is 24.3 Å². The smallest absolute Gasteiger partial charge is 0.294 e. The highest BCUT2D eigenvalue weighted by atomic mass is 35.5. The van der Waals surface area contributed by atoms with Crippen LogP contribution in [0.5, 0.6) is 0 Å². The van der Waals surface area contributed by atoms with Gasteiger partial charge < -0.3 is 5.11 Å². The van der Waals surface area contributed by atoms with Gasteiger partial charge in [-0.3, -0.25) is 9.11 Å². The first-order valence-corrected chi connectivity index (χ1v) is 10.8. The third-order valence-corrected chi connectivity index (χ3v) is 5.54. The van der Waals surface area contributed by atoms with Crippen molar-refractivity contribution >= 4 is 43.2 Å². The van der Waals surface area contributed by atoms with Gasteiger partial charge in [-0.1, -0.05) is 6.07 Å². The van der Waals surface area contributed by atoms with E-state index in [9.17, 15) is 26.5 Å². The molecule has 2 rings (SSSR count). The minimum atomic E-state index is -4.57. The van der Waals surface area contributed by atoms with Gasteiger partial charge in [0, 0.05) is 12.3 Å². The summed E-state index contributed by atoms with van der Waals surface area (Å²) in [6.07, 6.45) is -1.06. The minimum Gasteiger partial charge on any atom is -0.392 e. The Hall–Kier alpha value is -1.89. The molecule has 0 amide bonds. The van der Waals surface area contributed by atoms with E-state index in [1.54, 1.807) is 0 Å². The van der Waals surface area contributed by atoms with Crippen molar-refractivity contribution in [2.75, 3.05) is 5.88 Å². The summed E-state index contributed by atoms with van der Waals surface area (Å²) < 4.78 is 63.4. The molecular formula is C15H15ClN2O7S2. The van der Waals surface area contributed by atoms with Crippen LogP contribution in [-0.2, 0) is 26.7 Å². The Labute approximate surface area is 160 Å². The van der Waals surface area contributed by atoms with Crippen molar-refractivity contribution in [2.45, 2.75) is 22.3 Å². The molecule has 12 heteroatoms. The molecule has 0 heterocycles. The van der Waals surface area contributed by atoms with E-state index < -0.39 is 31.2 Å². The van der Waals surface area contributed by atoms with Crippen molar-refractivity contribution in [2.24, 2.45) is 10.2 Å². The van der Waals surface area contributed by atoms with Gasteiger partial charge >= 0.3 is 0 Å². The molecule has 0 spiro atoms. The highest BCUT2D eigenvalue weighted by Gasteiger charge is 2.18. The summed E-state index contributed by atoms with van der Waals surface area (Å²) in [6.45, 7) is 0. The fourth-order valence-corrected chi connectivity index (χ4v) is 3.46. The minimum absolute atomic E-state index is 0.0762. The highest BCUT2D eigenvalue weighted by Crippen LogP contribution is 2.26. The normalized spacial score (nSPS) is 13.8. The molecule has 2 aromatic carbocycles. The Morgan fingerprint density at radius 1 is 0.889 bits per heavy atom. The Bertz CT molecular complexity index is 1050. The van der Waals surface area contributed by atoms with Crippen LogP contribution in [0.4, 0.5) is 11.4 Å². The topological polar surface area (TPSA) is 154 Å². The number of benzene rings is 2. The van der Waals surface area contributed by atoms with Gasteiger partial charge in [0.15, 0.2) is 0 Å². The molecule has 0 saturated carbocycles. The Morgan fingerprint density at radius 2 is 1.44 bits per heavy atom.